The lowest BCUT2D eigenvalue weighted by molar-refractivity contribution is -0.121. The lowest BCUT2D eigenvalue weighted by Crippen LogP contribution is -2.37. The molecule has 0 aliphatic rings. The van der Waals surface area contributed by atoms with E-state index < -0.39 is 23.0 Å². The highest BCUT2D eigenvalue weighted by molar-refractivity contribution is 5.83. The van der Waals surface area contributed by atoms with E-state index in [0.29, 0.717) is 0 Å². The molecular weight excluding hydrogens is 206 g/mol. The fourth-order valence-electron chi connectivity index (χ4n) is 1.20. The molecule has 0 aliphatic carbocycles. The highest BCUT2D eigenvalue weighted by Crippen LogP contribution is 2.35. The van der Waals surface area contributed by atoms with Gasteiger partial charge in [0.25, 0.3) is 0 Å². The Morgan fingerprint density at radius 1 is 1.00 bits per heavy atom. The van der Waals surface area contributed by atoms with Crippen molar-refractivity contribution >= 4 is 5.78 Å². The van der Waals surface area contributed by atoms with Crippen LogP contribution >= 0.6 is 0 Å². The minimum atomic E-state index is -2.23. The van der Waals surface area contributed by atoms with Crippen LogP contribution in [0.1, 0.15) is 6.92 Å². The van der Waals surface area contributed by atoms with Crippen molar-refractivity contribution in [1.82, 2.24) is 0 Å². The Kier molecular flexibility index (Phi) is 4.19. The topological polar surface area (TPSA) is 136 Å². The smallest absolute Gasteiger partial charge is 0.195 e. The Balaban J connectivity index is 5.88. The molecule has 6 heteroatoms. The Bertz CT molecular complexity index is 474. The number of Topliss-reactive ketones (excluding diaryl/α,β-unsaturated/α-hetero) is 1. The van der Waals surface area contributed by atoms with Crippen molar-refractivity contribution in [2.75, 3.05) is 0 Å². The summed E-state index contributed by atoms with van der Waals surface area (Å²) in [4.78, 5) is 11.1. The summed E-state index contributed by atoms with van der Waals surface area (Å²) in [7, 11) is 0. The van der Waals surface area contributed by atoms with Crippen molar-refractivity contribution in [1.29, 1.82) is 26.3 Å². The fraction of sp³-hybridized carbons (Fsp3) is 0.400. The number of nitrogens with zero attached hydrogens (tertiary/aromatic N) is 5. The lowest BCUT2D eigenvalue weighted by Gasteiger charge is -2.21. The van der Waals surface area contributed by atoms with Gasteiger partial charge in [-0.15, -0.1) is 0 Å². The zero-order valence-corrected chi connectivity index (χ0v) is 8.30. The van der Waals surface area contributed by atoms with Gasteiger partial charge in [0.2, 0.25) is 0 Å². The van der Waals surface area contributed by atoms with Crippen molar-refractivity contribution in [2.45, 2.75) is 6.92 Å². The van der Waals surface area contributed by atoms with Gasteiger partial charge in [0.1, 0.15) is 11.7 Å². The largest absolute Gasteiger partial charge is 0.298 e. The Hall–Kier alpha value is -2.88. The van der Waals surface area contributed by atoms with Crippen molar-refractivity contribution in [3.05, 3.63) is 0 Å². The summed E-state index contributed by atoms with van der Waals surface area (Å²) in [5.74, 6) is -3.97. The zero-order valence-electron chi connectivity index (χ0n) is 8.30. The first-order valence-corrected chi connectivity index (χ1v) is 4.05. The molecule has 0 amide bonds. The molecule has 6 nitrogen and oxygen atoms in total. The maximum Gasteiger partial charge on any atom is 0.195 e. The number of rotatable bonds is 3. The highest BCUT2D eigenvalue weighted by atomic mass is 16.1. The Morgan fingerprint density at radius 2 is 1.44 bits per heavy atom. The van der Waals surface area contributed by atoms with Gasteiger partial charge in [-0.05, 0) is 6.92 Å². The Labute approximate surface area is 92.1 Å². The zero-order chi connectivity index (χ0) is 12.8. The molecule has 0 N–H and O–H groups in total. The second-order valence-corrected chi connectivity index (χ2v) is 2.96. The van der Waals surface area contributed by atoms with Gasteiger partial charge in [0, 0.05) is 0 Å². The lowest BCUT2D eigenvalue weighted by atomic mass is 9.68. The molecule has 0 saturated heterocycles. The van der Waals surface area contributed by atoms with E-state index in [4.69, 9.17) is 26.3 Å². The van der Waals surface area contributed by atoms with Crippen molar-refractivity contribution in [3.8, 4) is 30.3 Å². The van der Waals surface area contributed by atoms with E-state index >= 15 is 0 Å². The van der Waals surface area contributed by atoms with E-state index in [9.17, 15) is 4.79 Å². The Morgan fingerprint density at radius 3 is 1.62 bits per heavy atom. The molecule has 76 valence electrons. The number of carbonyl (C=O) groups is 1. The number of hydrogen-bond acceptors (Lipinski definition) is 6. The summed E-state index contributed by atoms with van der Waals surface area (Å²) in [5, 5.41) is 43.8. The second kappa shape index (κ2) is 5.11. The van der Waals surface area contributed by atoms with Crippen molar-refractivity contribution < 1.29 is 4.79 Å². The van der Waals surface area contributed by atoms with Crippen LogP contribution in [0.2, 0.25) is 0 Å². The minimum absolute atomic E-state index is 0.721. The number of carbonyl (C=O) groups excluding carboxylic acids is 1. The summed E-state index contributed by atoms with van der Waals surface area (Å²) >= 11 is 0. The van der Waals surface area contributed by atoms with E-state index in [1.165, 1.54) is 30.3 Å². The van der Waals surface area contributed by atoms with Gasteiger partial charge in [0.05, 0.1) is 30.3 Å². The molecule has 0 spiro atoms. The van der Waals surface area contributed by atoms with Crippen LogP contribution in [-0.2, 0) is 4.79 Å². The van der Waals surface area contributed by atoms with E-state index in [1.54, 1.807) is 0 Å². The van der Waals surface area contributed by atoms with Gasteiger partial charge in [-0.2, -0.15) is 26.3 Å². The van der Waals surface area contributed by atoms with Gasteiger partial charge >= 0.3 is 0 Å². The molecule has 0 aliphatic heterocycles. The third kappa shape index (κ3) is 1.80. The molecule has 16 heavy (non-hydrogen) atoms. The van der Waals surface area contributed by atoms with Gasteiger partial charge in [0.15, 0.2) is 11.3 Å². The molecule has 0 radical (unpaired) electrons. The normalized spacial score (nSPS) is 11.1. The van der Waals surface area contributed by atoms with Gasteiger partial charge < -0.3 is 0 Å². The van der Waals surface area contributed by atoms with Crippen LogP contribution < -0.4 is 0 Å². The molecule has 1 unspecified atom stereocenters. The second-order valence-electron chi connectivity index (χ2n) is 2.96. The molecule has 0 fully saturated rings. The maximum absolute atomic E-state index is 11.1. The van der Waals surface area contributed by atoms with Gasteiger partial charge in [-0.3, -0.25) is 4.79 Å². The summed E-state index contributed by atoms with van der Waals surface area (Å²) in [6.07, 6.45) is 0. The molecule has 0 rings (SSSR count). The average molecular weight is 211 g/mol. The van der Waals surface area contributed by atoms with Gasteiger partial charge in [-0.1, -0.05) is 0 Å². The van der Waals surface area contributed by atoms with Crippen molar-refractivity contribution in [2.24, 2.45) is 17.3 Å². The predicted molar refractivity (Wildman–Crippen MR) is 48.2 cm³/mol. The van der Waals surface area contributed by atoms with Crippen LogP contribution in [0.25, 0.3) is 0 Å². The molecule has 0 aromatic carbocycles. The van der Waals surface area contributed by atoms with Gasteiger partial charge in [-0.25, -0.2) is 0 Å². The van der Waals surface area contributed by atoms with Crippen molar-refractivity contribution in [3.63, 3.8) is 0 Å². The van der Waals surface area contributed by atoms with Crippen LogP contribution in [0, 0.1) is 73.9 Å². The standard InChI is InChI=1S/C10H5N5O/c1-7(16)9(4-13)10(5-14,6-15)8(2-11)3-12/h8-9H,1H3. The minimum Gasteiger partial charge on any atom is -0.298 e. The molecular formula is C10H5N5O. The maximum atomic E-state index is 11.1. The summed E-state index contributed by atoms with van der Waals surface area (Å²) in [6.45, 7) is 1.03. The molecule has 0 aromatic heterocycles. The summed E-state index contributed by atoms with van der Waals surface area (Å²) < 4.78 is 0. The monoisotopic (exact) mass is 211 g/mol. The van der Waals surface area contributed by atoms with E-state index in [0.717, 1.165) is 6.92 Å². The first-order valence-electron chi connectivity index (χ1n) is 4.05. The summed E-state index contributed by atoms with van der Waals surface area (Å²) in [6, 6.07) is 7.31. The number of hydrogen-bond donors (Lipinski definition) is 0. The van der Waals surface area contributed by atoms with Crippen LogP contribution in [-0.4, -0.2) is 5.78 Å². The quantitative estimate of drug-likeness (QED) is 0.662. The van der Waals surface area contributed by atoms with E-state index in [1.807, 2.05) is 0 Å². The van der Waals surface area contributed by atoms with Crippen LogP contribution in [0.5, 0.6) is 0 Å². The third-order valence-electron chi connectivity index (χ3n) is 2.07. The van der Waals surface area contributed by atoms with Crippen LogP contribution in [0.3, 0.4) is 0 Å². The average Bonchev–Trinajstić information content (AvgIpc) is 2.28. The summed E-state index contributed by atoms with van der Waals surface area (Å²) in [5.41, 5.74) is -2.23. The SMILES string of the molecule is CC(=O)C(C#N)C(C#N)(C#N)C(C#N)C#N. The first-order chi connectivity index (χ1) is 7.53. The molecule has 0 bridgehead atoms. The third-order valence-corrected chi connectivity index (χ3v) is 2.07. The predicted octanol–water partition coefficient (Wildman–Crippen LogP) is 0.412. The number of nitriles is 5. The van der Waals surface area contributed by atoms with E-state index in [-0.39, 0.29) is 0 Å². The molecule has 0 saturated carbocycles. The fourth-order valence-corrected chi connectivity index (χ4v) is 1.20. The van der Waals surface area contributed by atoms with Crippen LogP contribution in [0.15, 0.2) is 0 Å². The van der Waals surface area contributed by atoms with Crippen LogP contribution in [0.4, 0.5) is 0 Å². The highest BCUT2D eigenvalue weighted by Gasteiger charge is 2.50. The molecule has 0 aromatic rings. The van der Waals surface area contributed by atoms with E-state index in [2.05, 4.69) is 0 Å². The molecule has 0 heterocycles. The molecule has 1 atom stereocenters. The number of ketones is 1. The first kappa shape index (κ1) is 13.1.